The smallest absolute Gasteiger partial charge is 0.870 e. The van der Waals surface area contributed by atoms with Gasteiger partial charge in [0.25, 0.3) is 16.0 Å². The van der Waals surface area contributed by atoms with Crippen molar-refractivity contribution < 1.29 is 57.2 Å². The molecule has 9 nitrogen and oxygen atoms in total. The van der Waals surface area contributed by atoms with E-state index in [0.29, 0.717) is 39.2 Å². The molecule has 0 aromatic heterocycles. The average molecular weight is 596 g/mol. The van der Waals surface area contributed by atoms with Gasteiger partial charge in [-0.1, -0.05) is 60.1 Å². The second-order valence-electron chi connectivity index (χ2n) is 8.08. The standard InChI is InChI=1S/C26H21Cl2N3O6S.Na/c1-3-14-10-20(28)24(22(11-14)38(34,35)36)31-30-23-17-7-5-4-6-15(17)12-18(25(23)32)26(33)29-16-8-9-19(27)21(13-16)37-2;/h4-13,32H,3H2,1-2H3,(H,29,33)(H,34,35,36);/q;+1/p-1. The number of carbonyl (C=O) groups is 1. The normalized spacial score (nSPS) is 11.4. The molecule has 0 aliphatic rings. The van der Waals surface area contributed by atoms with Crippen LogP contribution in [0.25, 0.3) is 10.8 Å². The quantitative estimate of drug-likeness (QED) is 0.189. The molecule has 4 aromatic rings. The van der Waals surface area contributed by atoms with Crippen LogP contribution in [0.2, 0.25) is 10.0 Å². The largest absolute Gasteiger partial charge is 1.00 e. The van der Waals surface area contributed by atoms with E-state index in [9.17, 15) is 22.9 Å². The van der Waals surface area contributed by atoms with Crippen molar-refractivity contribution in [1.82, 2.24) is 0 Å². The van der Waals surface area contributed by atoms with Crippen LogP contribution >= 0.6 is 23.2 Å². The minimum atomic E-state index is -4.71. The number of amides is 1. The van der Waals surface area contributed by atoms with Gasteiger partial charge in [-0.25, -0.2) is 0 Å². The Balaban J connectivity index is 0.00000420. The number of hydrogen-bond donors (Lipinski definition) is 2. The molecule has 2 N–H and O–H groups in total. The monoisotopic (exact) mass is 595 g/mol. The first-order valence-electron chi connectivity index (χ1n) is 11.1. The van der Waals surface area contributed by atoms with Crippen LogP contribution in [0, 0.1) is 0 Å². The van der Waals surface area contributed by atoms with Crippen molar-refractivity contribution in [3.8, 4) is 11.5 Å². The van der Waals surface area contributed by atoms with Gasteiger partial charge in [-0.15, -0.1) is 5.11 Å². The van der Waals surface area contributed by atoms with Crippen molar-refractivity contribution in [3.63, 3.8) is 0 Å². The number of aryl methyl sites for hydroxylation is 1. The summed E-state index contributed by atoms with van der Waals surface area (Å²) in [6.45, 7) is 1.78. The summed E-state index contributed by atoms with van der Waals surface area (Å²) in [7, 11) is -3.28. The minimum Gasteiger partial charge on any atom is -0.870 e. The van der Waals surface area contributed by atoms with Gasteiger partial charge in [0.2, 0.25) is 0 Å². The van der Waals surface area contributed by atoms with Crippen molar-refractivity contribution in [2.45, 2.75) is 18.2 Å². The van der Waals surface area contributed by atoms with Gasteiger partial charge in [0.1, 0.15) is 16.3 Å². The van der Waals surface area contributed by atoms with Gasteiger partial charge in [-0.05, 0) is 47.7 Å². The molecule has 0 saturated heterocycles. The van der Waals surface area contributed by atoms with E-state index >= 15 is 0 Å². The van der Waals surface area contributed by atoms with Crippen molar-refractivity contribution in [2.24, 2.45) is 10.2 Å². The molecule has 13 heteroatoms. The van der Waals surface area contributed by atoms with Crippen LogP contribution in [0.15, 0.2) is 75.8 Å². The molecule has 0 spiro atoms. The molecular weight excluding hydrogens is 576 g/mol. The summed E-state index contributed by atoms with van der Waals surface area (Å²) in [5, 5.41) is 25.2. The molecule has 0 aliphatic carbocycles. The molecule has 39 heavy (non-hydrogen) atoms. The number of nitrogens with zero attached hydrogens (tertiary/aromatic N) is 2. The molecule has 0 unspecified atom stereocenters. The van der Waals surface area contributed by atoms with Crippen molar-refractivity contribution in [3.05, 3.63) is 81.8 Å². The number of methoxy groups -OCH3 is 1. The summed E-state index contributed by atoms with van der Waals surface area (Å²) >= 11 is 12.3. The number of carbonyl (C=O) groups excluding carboxylic acids is 1. The maximum atomic E-state index is 13.4. The van der Waals surface area contributed by atoms with Gasteiger partial charge in [0.05, 0.1) is 22.8 Å². The number of hydrogen-bond acceptors (Lipinski definition) is 7. The zero-order valence-corrected chi connectivity index (χ0v) is 25.4. The second-order valence-corrected chi connectivity index (χ2v) is 10.3. The van der Waals surface area contributed by atoms with E-state index in [1.165, 1.54) is 37.4 Å². The fourth-order valence-electron chi connectivity index (χ4n) is 3.74. The number of ether oxygens (including phenoxy) is 1. The first-order chi connectivity index (χ1) is 18.0. The average Bonchev–Trinajstić information content (AvgIpc) is 2.88. The third-order valence-electron chi connectivity index (χ3n) is 5.65. The number of halogens is 2. The Morgan fingerprint density at radius 1 is 1.03 bits per heavy atom. The summed E-state index contributed by atoms with van der Waals surface area (Å²) in [5.74, 6) is -1.13. The first-order valence-corrected chi connectivity index (χ1v) is 13.3. The molecule has 1 amide bonds. The molecule has 0 bridgehead atoms. The summed E-state index contributed by atoms with van der Waals surface area (Å²) in [6, 6.07) is 15.4. The van der Waals surface area contributed by atoms with E-state index in [0.717, 1.165) is 0 Å². The van der Waals surface area contributed by atoms with Crippen LogP contribution in [0.5, 0.6) is 11.5 Å². The van der Waals surface area contributed by atoms with Crippen LogP contribution in [0.1, 0.15) is 22.8 Å². The van der Waals surface area contributed by atoms with Gasteiger partial charge in [0, 0.05) is 22.7 Å². The van der Waals surface area contributed by atoms with Crippen LogP contribution in [0.3, 0.4) is 0 Å². The number of rotatable bonds is 7. The number of azo groups is 1. The first kappa shape index (κ1) is 30.8. The zero-order chi connectivity index (χ0) is 27.6. The maximum absolute atomic E-state index is 13.4. The summed E-state index contributed by atoms with van der Waals surface area (Å²) in [5.41, 5.74) is 0.118. The molecule has 0 radical (unpaired) electrons. The predicted octanol–water partition coefficient (Wildman–Crippen LogP) is 3.71. The van der Waals surface area contributed by atoms with Crippen LogP contribution in [-0.4, -0.2) is 26.0 Å². The van der Waals surface area contributed by atoms with Crippen molar-refractivity contribution >= 4 is 67.1 Å². The van der Waals surface area contributed by atoms with Gasteiger partial charge in [0.15, 0.2) is 0 Å². The molecule has 0 atom stereocenters. The number of fused-ring (bicyclic) bond motifs is 1. The topological polar surface area (TPSA) is 140 Å². The van der Waals surface area contributed by atoms with Crippen LogP contribution in [-0.2, 0) is 16.5 Å². The Labute approximate surface area is 256 Å². The van der Waals surface area contributed by atoms with Crippen LogP contribution in [0.4, 0.5) is 17.1 Å². The maximum Gasteiger partial charge on any atom is 1.00 e. The van der Waals surface area contributed by atoms with E-state index in [4.69, 9.17) is 27.9 Å². The van der Waals surface area contributed by atoms with E-state index in [2.05, 4.69) is 15.5 Å². The molecule has 4 aromatic carbocycles. The summed E-state index contributed by atoms with van der Waals surface area (Å²) < 4.78 is 38.9. The molecule has 196 valence electrons. The van der Waals surface area contributed by atoms with Crippen LogP contribution < -0.4 is 44.7 Å². The Morgan fingerprint density at radius 2 is 1.72 bits per heavy atom. The van der Waals surface area contributed by atoms with E-state index < -0.39 is 26.7 Å². The molecule has 0 aliphatic heterocycles. The minimum absolute atomic E-state index is 0. The van der Waals surface area contributed by atoms with Crippen molar-refractivity contribution in [2.75, 3.05) is 12.4 Å². The Hall–Kier alpha value is -2.70. The number of nitrogens with one attached hydrogen (secondary N) is 1. The molecular formula is C26H20Cl2N3NaO6S. The summed E-state index contributed by atoms with van der Waals surface area (Å²) in [4.78, 5) is 12.6. The molecule has 4 rings (SSSR count). The number of anilines is 1. The second kappa shape index (κ2) is 12.6. The molecule has 0 saturated carbocycles. The van der Waals surface area contributed by atoms with Gasteiger partial charge < -0.3 is 15.2 Å². The van der Waals surface area contributed by atoms with E-state index in [1.54, 1.807) is 37.3 Å². The third kappa shape index (κ3) is 6.72. The molecule has 0 heterocycles. The zero-order valence-electron chi connectivity index (χ0n) is 21.0. The van der Waals surface area contributed by atoms with E-state index in [-0.39, 0.29) is 51.5 Å². The SMILES string of the molecule is CCc1cc(Cl)c(N=Nc2c([O-])c(C(=O)Nc3ccc(Cl)c(OC)c3)cc3ccccc23)c(S(=O)(=O)O)c1.[Na+]. The molecule has 0 fully saturated rings. The van der Waals surface area contributed by atoms with Gasteiger partial charge in [-0.3, -0.25) is 9.35 Å². The Bertz CT molecular complexity index is 1710. The number of benzene rings is 4. The summed E-state index contributed by atoms with van der Waals surface area (Å²) in [6.07, 6.45) is 0.450. The fraction of sp³-hybridized carbons (Fsp3) is 0.115. The van der Waals surface area contributed by atoms with Crippen molar-refractivity contribution in [1.29, 1.82) is 0 Å². The Morgan fingerprint density at radius 3 is 2.38 bits per heavy atom. The third-order valence-corrected chi connectivity index (χ3v) is 7.12. The van der Waals surface area contributed by atoms with Gasteiger partial charge >= 0.3 is 29.6 Å². The predicted molar refractivity (Wildman–Crippen MR) is 144 cm³/mol. The Kier molecular flexibility index (Phi) is 10.0. The van der Waals surface area contributed by atoms with E-state index in [1.807, 2.05) is 0 Å². The van der Waals surface area contributed by atoms with Gasteiger partial charge in [-0.2, -0.15) is 13.5 Å². The fourth-order valence-corrected chi connectivity index (χ4v) is 4.96.